The smallest absolute Gasteiger partial charge is 0.387 e. The van der Waals surface area contributed by atoms with Crippen molar-refractivity contribution >= 4 is 22.3 Å². The highest BCUT2D eigenvalue weighted by Crippen LogP contribution is 2.39. The Morgan fingerprint density at radius 1 is 1.33 bits per heavy atom. The summed E-state index contributed by atoms with van der Waals surface area (Å²) in [5.74, 6) is 0.104. The minimum absolute atomic E-state index is 0.0991. The van der Waals surface area contributed by atoms with Crippen LogP contribution in [-0.2, 0) is 0 Å². The highest BCUT2D eigenvalue weighted by Gasteiger charge is 2.42. The lowest BCUT2D eigenvalue weighted by atomic mass is 9.80. The fourth-order valence-corrected chi connectivity index (χ4v) is 4.05. The third-order valence-electron chi connectivity index (χ3n) is 5.46. The second kappa shape index (κ2) is 6.88. The molecule has 1 aromatic heterocycles. The van der Waals surface area contributed by atoms with Gasteiger partial charge < -0.3 is 15.4 Å². The van der Waals surface area contributed by atoms with Crippen molar-refractivity contribution in [2.75, 3.05) is 26.7 Å². The maximum atomic E-state index is 12.4. The second-order valence-electron chi connectivity index (χ2n) is 7.34. The number of allylic oxidation sites excluding steroid dienone is 1. The Morgan fingerprint density at radius 3 is 2.93 bits per heavy atom. The maximum Gasteiger partial charge on any atom is 0.387 e. The summed E-state index contributed by atoms with van der Waals surface area (Å²) in [6.07, 6.45) is 5.80. The van der Waals surface area contributed by atoms with Crippen molar-refractivity contribution in [3.05, 3.63) is 42.1 Å². The molecule has 5 nitrogen and oxygen atoms in total. The Kier molecular flexibility index (Phi) is 4.55. The van der Waals surface area contributed by atoms with E-state index in [1.807, 2.05) is 12.1 Å². The van der Waals surface area contributed by atoms with Gasteiger partial charge in [-0.25, -0.2) is 0 Å². The molecular formula is C20H22F2N4O. The largest absolute Gasteiger partial charge is 0.435 e. The predicted molar refractivity (Wildman–Crippen MR) is 102 cm³/mol. The SMILES string of the molecule is CN1CCC2(CCN=C2C=C(N)c2cnc3ccc(OC(F)F)cc3c2)C1. The van der Waals surface area contributed by atoms with E-state index in [4.69, 9.17) is 5.73 Å². The number of pyridine rings is 1. The summed E-state index contributed by atoms with van der Waals surface area (Å²) < 4.78 is 29.4. The van der Waals surface area contributed by atoms with Gasteiger partial charge in [0, 0.05) is 47.1 Å². The van der Waals surface area contributed by atoms with Gasteiger partial charge in [-0.1, -0.05) is 0 Å². The van der Waals surface area contributed by atoms with E-state index in [-0.39, 0.29) is 11.2 Å². The topological polar surface area (TPSA) is 63.7 Å². The quantitative estimate of drug-likeness (QED) is 0.894. The lowest BCUT2D eigenvalue weighted by Gasteiger charge is -2.24. The molecule has 0 radical (unpaired) electrons. The van der Waals surface area contributed by atoms with Gasteiger partial charge in [0.2, 0.25) is 0 Å². The number of likely N-dealkylation sites (tertiary alicyclic amines) is 1. The van der Waals surface area contributed by atoms with Gasteiger partial charge in [0.05, 0.1) is 5.52 Å². The van der Waals surface area contributed by atoms with Crippen LogP contribution in [0.1, 0.15) is 18.4 Å². The van der Waals surface area contributed by atoms with Gasteiger partial charge in [0.1, 0.15) is 5.75 Å². The average Bonchev–Trinajstić information content (AvgIpc) is 3.20. The van der Waals surface area contributed by atoms with E-state index < -0.39 is 6.61 Å². The van der Waals surface area contributed by atoms with Crippen LogP contribution in [0.2, 0.25) is 0 Å². The van der Waals surface area contributed by atoms with Gasteiger partial charge in [-0.3, -0.25) is 9.98 Å². The molecule has 27 heavy (non-hydrogen) atoms. The summed E-state index contributed by atoms with van der Waals surface area (Å²) in [5.41, 5.74) is 9.52. The van der Waals surface area contributed by atoms with Gasteiger partial charge in [0.25, 0.3) is 0 Å². The first-order chi connectivity index (χ1) is 12.9. The van der Waals surface area contributed by atoms with E-state index in [0.29, 0.717) is 16.6 Å². The van der Waals surface area contributed by atoms with Crippen LogP contribution in [-0.4, -0.2) is 48.9 Å². The number of aromatic nitrogens is 1. The second-order valence-corrected chi connectivity index (χ2v) is 7.34. The number of nitrogens with zero attached hydrogens (tertiary/aromatic N) is 3. The fourth-order valence-electron chi connectivity index (χ4n) is 4.05. The van der Waals surface area contributed by atoms with E-state index in [9.17, 15) is 8.78 Å². The molecule has 1 atom stereocenters. The third kappa shape index (κ3) is 3.51. The maximum absolute atomic E-state index is 12.4. The Bertz CT molecular complexity index is 927. The molecule has 2 aromatic rings. The van der Waals surface area contributed by atoms with Crippen molar-refractivity contribution < 1.29 is 13.5 Å². The number of hydrogen-bond donors (Lipinski definition) is 1. The van der Waals surface area contributed by atoms with E-state index in [1.54, 1.807) is 18.3 Å². The normalized spacial score (nSPS) is 23.6. The summed E-state index contributed by atoms with van der Waals surface area (Å²) in [7, 11) is 2.13. The number of benzene rings is 1. The number of fused-ring (bicyclic) bond motifs is 1. The van der Waals surface area contributed by atoms with Gasteiger partial charge in [-0.15, -0.1) is 0 Å². The van der Waals surface area contributed by atoms with Gasteiger partial charge in [-0.05, 0) is 56.8 Å². The van der Waals surface area contributed by atoms with Crippen molar-refractivity contribution in [1.82, 2.24) is 9.88 Å². The van der Waals surface area contributed by atoms with Crippen LogP contribution in [0.5, 0.6) is 5.75 Å². The first-order valence-corrected chi connectivity index (χ1v) is 9.01. The first kappa shape index (κ1) is 17.9. The molecule has 2 aliphatic rings. The average molecular weight is 372 g/mol. The van der Waals surface area contributed by atoms with Crippen LogP contribution in [0.4, 0.5) is 8.78 Å². The standard InChI is InChI=1S/C20H22F2N4O/c1-26-7-5-20(12-26)4-6-24-18(20)10-16(23)14-8-13-9-15(27-19(21)22)2-3-17(13)25-11-14/h2-3,8-11,19H,4-7,12,23H2,1H3. The number of rotatable bonds is 4. The molecule has 1 fully saturated rings. The van der Waals surface area contributed by atoms with Crippen molar-refractivity contribution in [3.63, 3.8) is 0 Å². The van der Waals surface area contributed by atoms with E-state index in [1.165, 1.54) is 6.07 Å². The van der Waals surface area contributed by atoms with E-state index in [0.717, 1.165) is 43.8 Å². The Labute approximate surface area is 156 Å². The summed E-state index contributed by atoms with van der Waals surface area (Å²) in [5, 5.41) is 0.700. The molecule has 2 aliphatic heterocycles. The molecule has 142 valence electrons. The molecule has 0 aliphatic carbocycles. The Morgan fingerprint density at radius 2 is 2.19 bits per heavy atom. The monoisotopic (exact) mass is 372 g/mol. The van der Waals surface area contributed by atoms with Gasteiger partial charge >= 0.3 is 6.61 Å². The zero-order valence-electron chi connectivity index (χ0n) is 15.2. The van der Waals surface area contributed by atoms with Crippen LogP contribution in [0.3, 0.4) is 0 Å². The molecule has 3 heterocycles. The summed E-state index contributed by atoms with van der Waals surface area (Å²) >= 11 is 0. The summed E-state index contributed by atoms with van der Waals surface area (Å²) in [6.45, 7) is 0.0404. The predicted octanol–water partition coefficient (Wildman–Crippen LogP) is 3.30. The Hall–Kier alpha value is -2.54. The number of ether oxygens (including phenoxy) is 1. The Balaban J connectivity index is 1.64. The molecule has 0 amide bonds. The molecule has 1 unspecified atom stereocenters. The van der Waals surface area contributed by atoms with Crippen molar-refractivity contribution in [2.24, 2.45) is 16.1 Å². The van der Waals surface area contributed by atoms with Crippen molar-refractivity contribution in [1.29, 1.82) is 0 Å². The molecule has 1 spiro atoms. The molecule has 1 aromatic carbocycles. The van der Waals surface area contributed by atoms with Crippen LogP contribution in [0, 0.1) is 5.41 Å². The molecular weight excluding hydrogens is 350 g/mol. The summed E-state index contributed by atoms with van der Waals surface area (Å²) in [4.78, 5) is 11.4. The van der Waals surface area contributed by atoms with Crippen LogP contribution < -0.4 is 10.5 Å². The first-order valence-electron chi connectivity index (χ1n) is 9.01. The van der Waals surface area contributed by atoms with Crippen LogP contribution in [0.25, 0.3) is 16.6 Å². The number of aliphatic imine (C=N–C) groups is 1. The third-order valence-corrected chi connectivity index (χ3v) is 5.46. The number of hydrogen-bond acceptors (Lipinski definition) is 5. The minimum atomic E-state index is -2.86. The molecule has 1 saturated heterocycles. The van der Waals surface area contributed by atoms with Crippen molar-refractivity contribution in [2.45, 2.75) is 19.5 Å². The highest BCUT2D eigenvalue weighted by atomic mass is 19.3. The molecule has 7 heteroatoms. The number of nitrogens with two attached hydrogens (primary N) is 1. The fraction of sp³-hybridized carbons (Fsp3) is 0.400. The van der Waals surface area contributed by atoms with E-state index >= 15 is 0 Å². The molecule has 0 saturated carbocycles. The zero-order valence-corrected chi connectivity index (χ0v) is 15.2. The number of alkyl halides is 2. The molecule has 4 rings (SSSR count). The summed E-state index contributed by atoms with van der Waals surface area (Å²) in [6, 6.07) is 6.52. The lowest BCUT2D eigenvalue weighted by molar-refractivity contribution is -0.0497. The minimum Gasteiger partial charge on any atom is -0.435 e. The molecule has 2 N–H and O–H groups in total. The zero-order chi connectivity index (χ0) is 19.0. The van der Waals surface area contributed by atoms with Crippen molar-refractivity contribution in [3.8, 4) is 5.75 Å². The van der Waals surface area contributed by atoms with Crippen LogP contribution >= 0.6 is 0 Å². The highest BCUT2D eigenvalue weighted by molar-refractivity contribution is 6.06. The van der Waals surface area contributed by atoms with E-state index in [2.05, 4.69) is 26.7 Å². The molecule has 0 bridgehead atoms. The lowest BCUT2D eigenvalue weighted by Crippen LogP contribution is -2.30. The van der Waals surface area contributed by atoms with Gasteiger partial charge in [0.15, 0.2) is 0 Å². The number of halogens is 2. The van der Waals surface area contributed by atoms with Gasteiger partial charge in [-0.2, -0.15) is 8.78 Å². The van der Waals surface area contributed by atoms with Crippen LogP contribution in [0.15, 0.2) is 41.5 Å².